The number of hydrogen-bond acceptors (Lipinski definition) is 1. The first-order valence-electron chi connectivity index (χ1n) is 4.65. The highest BCUT2D eigenvalue weighted by Crippen LogP contribution is 2.02. The van der Waals surface area contributed by atoms with E-state index >= 15 is 0 Å². The van der Waals surface area contributed by atoms with Gasteiger partial charge in [0.1, 0.15) is 0 Å². The van der Waals surface area contributed by atoms with Crippen molar-refractivity contribution < 1.29 is 0 Å². The van der Waals surface area contributed by atoms with Gasteiger partial charge in [-0.1, -0.05) is 24.0 Å². The van der Waals surface area contributed by atoms with E-state index in [1.54, 1.807) is 0 Å². The monoisotopic (exact) mass is 207 g/mol. The Hall–Kier alpha value is -0.970. The van der Waals surface area contributed by atoms with E-state index in [1.165, 1.54) is 5.56 Å². The molecule has 0 spiro atoms. The number of benzene rings is 1. The van der Waals surface area contributed by atoms with Crippen LogP contribution in [-0.4, -0.2) is 12.9 Å². The van der Waals surface area contributed by atoms with Crippen LogP contribution < -0.4 is 5.32 Å². The molecule has 0 heterocycles. The normalized spacial score (nSPS) is 9.29. The summed E-state index contributed by atoms with van der Waals surface area (Å²) < 4.78 is 0. The van der Waals surface area contributed by atoms with E-state index in [0.29, 0.717) is 5.88 Å². The summed E-state index contributed by atoms with van der Waals surface area (Å²) in [7, 11) is 1.94. The molecule has 0 unspecified atom stereocenters. The molecule has 74 valence electrons. The molecule has 1 aromatic rings. The summed E-state index contributed by atoms with van der Waals surface area (Å²) in [6, 6.07) is 8.24. The summed E-state index contributed by atoms with van der Waals surface area (Å²) in [5.41, 5.74) is 2.32. The molecule has 1 N–H and O–H groups in total. The Morgan fingerprint density at radius 1 is 1.29 bits per heavy atom. The predicted octanol–water partition coefficient (Wildman–Crippen LogP) is 2.39. The number of halogens is 1. The Balaban J connectivity index is 2.60. The van der Waals surface area contributed by atoms with Crippen molar-refractivity contribution in [3.05, 3.63) is 35.4 Å². The molecule has 0 aliphatic rings. The van der Waals surface area contributed by atoms with Gasteiger partial charge in [0.25, 0.3) is 0 Å². The van der Waals surface area contributed by atoms with Gasteiger partial charge in [-0.15, -0.1) is 11.6 Å². The SMILES string of the molecule is CNCc1ccc(C#CCCCl)cc1. The van der Waals surface area contributed by atoms with Gasteiger partial charge in [-0.3, -0.25) is 0 Å². The van der Waals surface area contributed by atoms with Crippen LogP contribution in [0.4, 0.5) is 0 Å². The molecule has 1 nitrogen and oxygen atoms in total. The van der Waals surface area contributed by atoms with Crippen LogP contribution in [0.5, 0.6) is 0 Å². The minimum Gasteiger partial charge on any atom is -0.316 e. The average Bonchev–Trinajstić information content (AvgIpc) is 2.21. The molecule has 0 aliphatic heterocycles. The minimum absolute atomic E-state index is 0.602. The Morgan fingerprint density at radius 3 is 2.57 bits per heavy atom. The molecule has 14 heavy (non-hydrogen) atoms. The summed E-state index contributed by atoms with van der Waals surface area (Å²) in [6.45, 7) is 0.898. The van der Waals surface area contributed by atoms with Crippen molar-refractivity contribution in [1.82, 2.24) is 5.32 Å². The third kappa shape index (κ3) is 3.83. The number of rotatable bonds is 3. The largest absolute Gasteiger partial charge is 0.316 e. The Morgan fingerprint density at radius 2 is 2.00 bits per heavy atom. The van der Waals surface area contributed by atoms with Crippen LogP contribution in [0.2, 0.25) is 0 Å². The second kappa shape index (κ2) is 6.48. The summed E-state index contributed by atoms with van der Waals surface area (Å²) in [5.74, 6) is 6.67. The highest BCUT2D eigenvalue weighted by molar-refractivity contribution is 6.18. The van der Waals surface area contributed by atoms with Crippen LogP contribution in [0.1, 0.15) is 17.5 Å². The molecule has 0 saturated carbocycles. The molecule has 0 amide bonds. The molecular weight excluding hydrogens is 194 g/mol. The van der Waals surface area contributed by atoms with Gasteiger partial charge in [-0.25, -0.2) is 0 Å². The Kier molecular flexibility index (Phi) is 5.14. The summed E-state index contributed by atoms with van der Waals surface area (Å²) in [6.07, 6.45) is 0.750. The lowest BCUT2D eigenvalue weighted by molar-refractivity contribution is 0.818. The van der Waals surface area contributed by atoms with Gasteiger partial charge in [0.05, 0.1) is 0 Å². The molecule has 0 aromatic heterocycles. The quantitative estimate of drug-likeness (QED) is 0.593. The van der Waals surface area contributed by atoms with Crippen molar-refractivity contribution in [2.24, 2.45) is 0 Å². The maximum Gasteiger partial charge on any atom is 0.0333 e. The molecule has 0 saturated heterocycles. The molecule has 1 aromatic carbocycles. The third-order valence-corrected chi connectivity index (χ3v) is 1.98. The first-order valence-corrected chi connectivity index (χ1v) is 5.18. The van der Waals surface area contributed by atoms with Crippen molar-refractivity contribution >= 4 is 11.6 Å². The molecule has 0 aliphatic carbocycles. The molecule has 0 bridgehead atoms. The van der Waals surface area contributed by atoms with Gasteiger partial charge < -0.3 is 5.32 Å². The van der Waals surface area contributed by atoms with E-state index in [9.17, 15) is 0 Å². The topological polar surface area (TPSA) is 12.0 Å². The van der Waals surface area contributed by atoms with Crippen molar-refractivity contribution in [3.63, 3.8) is 0 Å². The first-order chi connectivity index (χ1) is 6.86. The van der Waals surface area contributed by atoms with Crippen LogP contribution in [-0.2, 0) is 6.54 Å². The number of hydrogen-bond donors (Lipinski definition) is 1. The smallest absolute Gasteiger partial charge is 0.0333 e. The first kappa shape index (κ1) is 11.1. The van der Waals surface area contributed by atoms with E-state index in [4.69, 9.17) is 11.6 Å². The second-order valence-electron chi connectivity index (χ2n) is 2.97. The summed E-state index contributed by atoms with van der Waals surface area (Å²) in [4.78, 5) is 0. The van der Waals surface area contributed by atoms with Crippen LogP contribution >= 0.6 is 11.6 Å². The van der Waals surface area contributed by atoms with Gasteiger partial charge in [-0.05, 0) is 24.7 Å². The van der Waals surface area contributed by atoms with Crippen LogP contribution in [0.25, 0.3) is 0 Å². The van der Waals surface area contributed by atoms with Crippen LogP contribution in [0.3, 0.4) is 0 Å². The molecule has 1 rings (SSSR count). The molecule has 2 heteroatoms. The fraction of sp³-hybridized carbons (Fsp3) is 0.333. The molecule has 0 fully saturated rings. The van der Waals surface area contributed by atoms with Gasteiger partial charge in [0.15, 0.2) is 0 Å². The molecular formula is C12H14ClN. The third-order valence-electron chi connectivity index (χ3n) is 1.79. The van der Waals surface area contributed by atoms with E-state index in [2.05, 4.69) is 29.3 Å². The number of alkyl halides is 1. The molecule has 0 atom stereocenters. The maximum absolute atomic E-state index is 5.52. The maximum atomic E-state index is 5.52. The lowest BCUT2D eigenvalue weighted by Crippen LogP contribution is -2.04. The zero-order valence-corrected chi connectivity index (χ0v) is 9.06. The lowest BCUT2D eigenvalue weighted by Gasteiger charge is -1.98. The zero-order valence-electron chi connectivity index (χ0n) is 8.31. The van der Waals surface area contributed by atoms with Crippen molar-refractivity contribution in [1.29, 1.82) is 0 Å². The average molecular weight is 208 g/mol. The minimum atomic E-state index is 0.602. The van der Waals surface area contributed by atoms with Crippen molar-refractivity contribution in [2.45, 2.75) is 13.0 Å². The van der Waals surface area contributed by atoms with Crippen LogP contribution in [0, 0.1) is 11.8 Å². The lowest BCUT2D eigenvalue weighted by atomic mass is 10.1. The molecule has 0 radical (unpaired) electrons. The van der Waals surface area contributed by atoms with Crippen molar-refractivity contribution in [2.75, 3.05) is 12.9 Å². The standard InChI is InChI=1S/C12H14ClN/c1-14-10-12-7-5-11(6-8-12)4-2-3-9-13/h5-8,14H,3,9-10H2,1H3. The second-order valence-corrected chi connectivity index (χ2v) is 3.35. The van der Waals surface area contributed by atoms with Crippen molar-refractivity contribution in [3.8, 4) is 11.8 Å². The van der Waals surface area contributed by atoms with Gasteiger partial charge >= 0.3 is 0 Å². The van der Waals surface area contributed by atoms with E-state index in [-0.39, 0.29) is 0 Å². The van der Waals surface area contributed by atoms with E-state index < -0.39 is 0 Å². The number of nitrogens with one attached hydrogen (secondary N) is 1. The van der Waals surface area contributed by atoms with Crippen LogP contribution in [0.15, 0.2) is 24.3 Å². The zero-order chi connectivity index (χ0) is 10.2. The predicted molar refractivity (Wildman–Crippen MR) is 61.4 cm³/mol. The van der Waals surface area contributed by atoms with Gasteiger partial charge in [-0.2, -0.15) is 0 Å². The summed E-state index contributed by atoms with van der Waals surface area (Å²) >= 11 is 5.52. The van der Waals surface area contributed by atoms with E-state index in [0.717, 1.165) is 18.5 Å². The van der Waals surface area contributed by atoms with E-state index in [1.807, 2.05) is 19.2 Å². The Labute approximate surface area is 90.5 Å². The fourth-order valence-corrected chi connectivity index (χ4v) is 1.22. The highest BCUT2D eigenvalue weighted by atomic mass is 35.5. The fourth-order valence-electron chi connectivity index (χ4n) is 1.12. The highest BCUT2D eigenvalue weighted by Gasteiger charge is 1.89. The Bertz CT molecular complexity index is 318. The van der Waals surface area contributed by atoms with Gasteiger partial charge in [0.2, 0.25) is 0 Å². The summed E-state index contributed by atoms with van der Waals surface area (Å²) in [5, 5.41) is 3.10. The van der Waals surface area contributed by atoms with Gasteiger partial charge in [0, 0.05) is 24.4 Å².